The summed E-state index contributed by atoms with van der Waals surface area (Å²) in [5.41, 5.74) is 10.5. The molecule has 0 aromatic rings. The molecule has 13 nitrogen and oxygen atoms in total. The molecule has 4 atom stereocenters. The Kier molecular flexibility index (Phi) is 13.3. The number of carboxylic acid groups (broad SMARTS) is 2. The third-order valence-electron chi connectivity index (χ3n) is 3.81. The monoisotopic (exact) mass is 481 g/mol. The molecular weight excluding hydrogens is 454 g/mol. The first-order chi connectivity index (χ1) is 14.4. The van der Waals surface area contributed by atoms with Crippen molar-refractivity contribution >= 4 is 60.0 Å². The van der Waals surface area contributed by atoms with Gasteiger partial charge in [0.15, 0.2) is 0 Å². The van der Waals surface area contributed by atoms with Gasteiger partial charge in [-0.15, -0.1) is 0 Å². The number of nitrogens with two attached hydrogens (primary N) is 2. The minimum absolute atomic E-state index is 0.152. The number of thiol groups is 1. The highest BCUT2D eigenvalue weighted by Gasteiger charge is 2.30. The lowest BCUT2D eigenvalue weighted by Gasteiger charge is -2.24. The average Bonchev–Trinajstić information content (AvgIpc) is 2.67. The molecular formula is C16H27N5O8S2. The normalized spacial score (nSPS) is 14.4. The minimum Gasteiger partial charge on any atom is -0.481 e. The first kappa shape index (κ1) is 28.5. The molecule has 0 rings (SSSR count). The Morgan fingerprint density at radius 2 is 1.42 bits per heavy atom. The van der Waals surface area contributed by atoms with E-state index in [1.54, 1.807) is 6.26 Å². The van der Waals surface area contributed by atoms with Crippen LogP contribution in [0, 0.1) is 0 Å². The van der Waals surface area contributed by atoms with Crippen molar-refractivity contribution in [1.82, 2.24) is 16.0 Å². The zero-order valence-corrected chi connectivity index (χ0v) is 18.4. The molecule has 4 unspecified atom stereocenters. The lowest BCUT2D eigenvalue weighted by molar-refractivity contribution is -0.143. The Labute approximate surface area is 187 Å². The van der Waals surface area contributed by atoms with Gasteiger partial charge in [-0.05, 0) is 18.4 Å². The first-order valence-electron chi connectivity index (χ1n) is 8.92. The third-order valence-corrected chi connectivity index (χ3v) is 4.82. The molecule has 0 aromatic heterocycles. The van der Waals surface area contributed by atoms with E-state index >= 15 is 0 Å². The van der Waals surface area contributed by atoms with Crippen LogP contribution in [0.4, 0.5) is 0 Å². The summed E-state index contributed by atoms with van der Waals surface area (Å²) in [5, 5.41) is 24.6. The second-order valence-corrected chi connectivity index (χ2v) is 7.71. The van der Waals surface area contributed by atoms with Crippen LogP contribution in [-0.2, 0) is 28.8 Å². The van der Waals surface area contributed by atoms with E-state index in [2.05, 4.69) is 28.6 Å². The van der Waals surface area contributed by atoms with Gasteiger partial charge in [-0.3, -0.25) is 24.0 Å². The molecule has 0 aromatic carbocycles. The number of carbonyl (C=O) groups is 6. The average molecular weight is 482 g/mol. The molecule has 0 saturated carbocycles. The van der Waals surface area contributed by atoms with Crippen molar-refractivity contribution in [3.8, 4) is 0 Å². The number of nitrogens with one attached hydrogen (secondary N) is 3. The lowest BCUT2D eigenvalue weighted by atomic mass is 10.1. The standard InChI is InChI=1S/C16H27N5O8S2/c1-31-3-2-8(19-13(25)7(17)4-12(23)24)14(26)21-10(6-30)15(27)20-9(16(28)29)5-11(18)22/h7-10,30H,2-6,17H2,1H3,(H2,18,22)(H,19,25)(H,20,27)(H,21,26)(H,23,24)(H,28,29). The number of amides is 4. The molecule has 0 saturated heterocycles. The molecule has 15 heteroatoms. The smallest absolute Gasteiger partial charge is 0.326 e. The van der Waals surface area contributed by atoms with Gasteiger partial charge in [0.25, 0.3) is 0 Å². The second-order valence-electron chi connectivity index (χ2n) is 6.36. The number of primary amides is 1. The summed E-state index contributed by atoms with van der Waals surface area (Å²) in [7, 11) is 0. The van der Waals surface area contributed by atoms with Crippen molar-refractivity contribution in [2.75, 3.05) is 17.8 Å². The van der Waals surface area contributed by atoms with E-state index in [1.807, 2.05) is 0 Å². The van der Waals surface area contributed by atoms with E-state index in [-0.39, 0.29) is 12.2 Å². The maximum atomic E-state index is 12.6. The minimum atomic E-state index is -1.59. The van der Waals surface area contributed by atoms with Crippen molar-refractivity contribution in [3.05, 3.63) is 0 Å². The number of rotatable bonds is 15. The van der Waals surface area contributed by atoms with E-state index in [0.29, 0.717) is 5.75 Å². The van der Waals surface area contributed by atoms with Gasteiger partial charge in [0.2, 0.25) is 23.6 Å². The van der Waals surface area contributed by atoms with Crippen molar-refractivity contribution in [2.24, 2.45) is 11.5 Å². The van der Waals surface area contributed by atoms with Gasteiger partial charge in [0, 0.05) is 5.75 Å². The predicted octanol–water partition coefficient (Wildman–Crippen LogP) is -3.11. The Balaban J connectivity index is 5.22. The van der Waals surface area contributed by atoms with Gasteiger partial charge >= 0.3 is 11.9 Å². The van der Waals surface area contributed by atoms with Crippen LogP contribution in [0.2, 0.25) is 0 Å². The Bertz CT molecular complexity index is 693. The fourth-order valence-corrected chi connectivity index (χ4v) is 2.93. The number of aliphatic carboxylic acids is 2. The largest absolute Gasteiger partial charge is 0.481 e. The highest BCUT2D eigenvalue weighted by atomic mass is 32.2. The third kappa shape index (κ3) is 11.4. The quantitative estimate of drug-likeness (QED) is 0.110. The molecule has 9 N–H and O–H groups in total. The number of carboxylic acids is 2. The molecule has 31 heavy (non-hydrogen) atoms. The van der Waals surface area contributed by atoms with Crippen molar-refractivity contribution < 1.29 is 39.0 Å². The summed E-state index contributed by atoms with van der Waals surface area (Å²) in [6.45, 7) is 0. The van der Waals surface area contributed by atoms with E-state index in [0.717, 1.165) is 0 Å². The molecule has 0 bridgehead atoms. The number of hydrogen-bond acceptors (Lipinski definition) is 9. The van der Waals surface area contributed by atoms with Gasteiger partial charge in [-0.1, -0.05) is 0 Å². The summed E-state index contributed by atoms with van der Waals surface area (Å²) in [6, 6.07) is -5.38. The summed E-state index contributed by atoms with van der Waals surface area (Å²) < 4.78 is 0. The maximum absolute atomic E-state index is 12.6. The van der Waals surface area contributed by atoms with Crippen LogP contribution in [0.1, 0.15) is 19.3 Å². The molecule has 0 spiro atoms. The molecule has 0 aliphatic carbocycles. The van der Waals surface area contributed by atoms with Gasteiger partial charge in [-0.25, -0.2) is 4.79 Å². The number of carbonyl (C=O) groups excluding carboxylic acids is 4. The molecule has 0 aliphatic heterocycles. The van der Waals surface area contributed by atoms with Crippen LogP contribution >= 0.6 is 24.4 Å². The predicted molar refractivity (Wildman–Crippen MR) is 114 cm³/mol. The van der Waals surface area contributed by atoms with Crippen LogP contribution in [-0.4, -0.2) is 87.7 Å². The van der Waals surface area contributed by atoms with Gasteiger partial charge in [-0.2, -0.15) is 24.4 Å². The first-order valence-corrected chi connectivity index (χ1v) is 10.9. The molecule has 176 valence electrons. The summed E-state index contributed by atoms with van der Waals surface area (Å²) >= 11 is 5.34. The maximum Gasteiger partial charge on any atom is 0.326 e. The van der Waals surface area contributed by atoms with Crippen LogP contribution in [0.3, 0.4) is 0 Å². The van der Waals surface area contributed by atoms with E-state index in [4.69, 9.17) is 21.7 Å². The summed E-state index contributed by atoms with van der Waals surface area (Å²) in [6.07, 6.45) is 0.629. The fraction of sp³-hybridized carbons (Fsp3) is 0.625. The Hall–Kier alpha value is -2.52. The SMILES string of the molecule is CSCCC(NC(=O)C(N)CC(=O)O)C(=O)NC(CS)C(=O)NC(CC(N)=O)C(=O)O. The number of hydrogen-bond donors (Lipinski definition) is 8. The molecule has 4 amide bonds. The topological polar surface area (TPSA) is 231 Å². The molecule has 0 heterocycles. The molecule has 0 fully saturated rings. The van der Waals surface area contributed by atoms with Crippen LogP contribution in [0.5, 0.6) is 0 Å². The summed E-state index contributed by atoms with van der Waals surface area (Å²) in [4.78, 5) is 69.8. The van der Waals surface area contributed by atoms with Crippen molar-refractivity contribution in [1.29, 1.82) is 0 Å². The summed E-state index contributed by atoms with van der Waals surface area (Å²) in [5.74, 6) is -6.06. The van der Waals surface area contributed by atoms with Crippen molar-refractivity contribution in [2.45, 2.75) is 43.4 Å². The zero-order chi connectivity index (χ0) is 24.1. The van der Waals surface area contributed by atoms with E-state index < -0.39 is 72.6 Å². The number of thioether (sulfide) groups is 1. The molecule has 0 radical (unpaired) electrons. The highest BCUT2D eigenvalue weighted by molar-refractivity contribution is 7.98. The van der Waals surface area contributed by atoms with E-state index in [1.165, 1.54) is 11.8 Å². The van der Waals surface area contributed by atoms with Crippen LogP contribution in [0.15, 0.2) is 0 Å². The van der Waals surface area contributed by atoms with E-state index in [9.17, 15) is 28.8 Å². The van der Waals surface area contributed by atoms with Crippen LogP contribution < -0.4 is 27.4 Å². The highest BCUT2D eigenvalue weighted by Crippen LogP contribution is 2.04. The van der Waals surface area contributed by atoms with Crippen LogP contribution in [0.25, 0.3) is 0 Å². The fourth-order valence-electron chi connectivity index (χ4n) is 2.20. The van der Waals surface area contributed by atoms with Gasteiger partial charge < -0.3 is 37.6 Å². The van der Waals surface area contributed by atoms with Gasteiger partial charge in [0.1, 0.15) is 18.1 Å². The zero-order valence-electron chi connectivity index (χ0n) is 16.7. The second kappa shape index (κ2) is 14.5. The van der Waals surface area contributed by atoms with Gasteiger partial charge in [0.05, 0.1) is 18.9 Å². The lowest BCUT2D eigenvalue weighted by Crippen LogP contribution is -2.58. The molecule has 0 aliphatic rings. The van der Waals surface area contributed by atoms with Crippen molar-refractivity contribution in [3.63, 3.8) is 0 Å². The Morgan fingerprint density at radius 3 is 1.87 bits per heavy atom. The Morgan fingerprint density at radius 1 is 0.903 bits per heavy atom.